The molecule has 0 heterocycles. The lowest BCUT2D eigenvalue weighted by atomic mass is 9.95. The van der Waals surface area contributed by atoms with Gasteiger partial charge >= 0.3 is 0 Å². The zero-order valence-electron chi connectivity index (χ0n) is 15.3. The summed E-state index contributed by atoms with van der Waals surface area (Å²) in [5, 5.41) is 1.76. The highest BCUT2D eigenvalue weighted by Crippen LogP contribution is 2.22. The fourth-order valence-electron chi connectivity index (χ4n) is 2.97. The van der Waals surface area contributed by atoms with Gasteiger partial charge in [0.1, 0.15) is 0 Å². The second-order valence-corrected chi connectivity index (χ2v) is 6.65. The van der Waals surface area contributed by atoms with E-state index in [9.17, 15) is 0 Å². The van der Waals surface area contributed by atoms with Crippen molar-refractivity contribution < 1.29 is 0 Å². The Morgan fingerprint density at radius 1 is 0.958 bits per heavy atom. The van der Waals surface area contributed by atoms with Crippen molar-refractivity contribution in [1.82, 2.24) is 14.8 Å². The fraction of sp³-hybridized carbons (Fsp3) is 0.556. The van der Waals surface area contributed by atoms with Gasteiger partial charge in [-0.05, 0) is 25.0 Å². The Labute approximate surface area is 145 Å². The zero-order chi connectivity index (χ0) is 17.5. The third kappa shape index (κ3) is 4.96. The molecule has 0 bridgehead atoms. The summed E-state index contributed by atoms with van der Waals surface area (Å²) < 4.78 is 0. The van der Waals surface area contributed by atoms with Gasteiger partial charge in [-0.25, -0.2) is 10.8 Å². The molecule has 0 aromatic heterocycles. The molecule has 1 aromatic carbocycles. The Kier molecular flexibility index (Phi) is 6.61. The van der Waals surface area contributed by atoms with Gasteiger partial charge in [-0.1, -0.05) is 37.5 Å². The van der Waals surface area contributed by atoms with E-state index in [1.807, 2.05) is 68.3 Å². The molecular formula is C18H30N6. The Hall–Kier alpha value is -2.08. The number of nitrogens with two attached hydrogens (primary N) is 1. The Bertz CT molecular complexity index is 548. The lowest BCUT2D eigenvalue weighted by Gasteiger charge is -2.32. The van der Waals surface area contributed by atoms with Gasteiger partial charge in [0.15, 0.2) is 0 Å². The monoisotopic (exact) mass is 330 g/mol. The minimum Gasteiger partial charge on any atom is -0.349 e. The van der Waals surface area contributed by atoms with Crippen molar-refractivity contribution in [1.29, 1.82) is 0 Å². The fourth-order valence-corrected chi connectivity index (χ4v) is 2.97. The predicted molar refractivity (Wildman–Crippen MR) is 101 cm³/mol. The van der Waals surface area contributed by atoms with Crippen molar-refractivity contribution in [3.63, 3.8) is 0 Å². The van der Waals surface area contributed by atoms with E-state index >= 15 is 0 Å². The molecule has 1 saturated carbocycles. The van der Waals surface area contributed by atoms with Crippen molar-refractivity contribution >= 4 is 17.6 Å². The van der Waals surface area contributed by atoms with E-state index in [0.29, 0.717) is 12.0 Å². The Morgan fingerprint density at radius 3 is 2.08 bits per heavy atom. The maximum Gasteiger partial charge on any atom is 0.243 e. The van der Waals surface area contributed by atoms with Gasteiger partial charge in [0.05, 0.1) is 5.69 Å². The molecule has 0 unspecified atom stereocenters. The molecule has 0 amide bonds. The third-order valence-corrected chi connectivity index (χ3v) is 4.18. The van der Waals surface area contributed by atoms with Crippen LogP contribution in [0.15, 0.2) is 40.3 Å². The van der Waals surface area contributed by atoms with Gasteiger partial charge in [-0.15, -0.1) is 0 Å². The number of nitrogens with zero attached hydrogens (tertiary/aromatic N) is 5. The molecular weight excluding hydrogens is 300 g/mol. The third-order valence-electron chi connectivity index (χ3n) is 4.18. The highest BCUT2D eigenvalue weighted by molar-refractivity contribution is 5.95. The molecule has 2 N–H and O–H groups in total. The van der Waals surface area contributed by atoms with Gasteiger partial charge < -0.3 is 9.80 Å². The number of hydrogen-bond donors (Lipinski definition) is 1. The number of guanidine groups is 2. The highest BCUT2D eigenvalue weighted by Gasteiger charge is 2.22. The molecule has 1 aliphatic carbocycles. The molecule has 0 radical (unpaired) electrons. The normalized spacial score (nSPS) is 15.8. The van der Waals surface area contributed by atoms with Gasteiger partial charge in [0.2, 0.25) is 11.9 Å². The summed E-state index contributed by atoms with van der Waals surface area (Å²) in [7, 11) is 7.89. The molecule has 0 spiro atoms. The SMILES string of the molecule is CN(C)C(=N/C(=N\c1ccccc1)N(N)C1CCCCC1)N(C)C. The predicted octanol–water partition coefficient (Wildman–Crippen LogP) is 2.66. The first-order valence-corrected chi connectivity index (χ1v) is 8.60. The van der Waals surface area contributed by atoms with Crippen LogP contribution in [0.2, 0.25) is 0 Å². The lowest BCUT2D eigenvalue weighted by molar-refractivity contribution is 0.246. The number of hydrogen-bond acceptors (Lipinski definition) is 2. The molecule has 132 valence electrons. The Balaban J connectivity index is 2.37. The number of aliphatic imine (C=N–C) groups is 2. The zero-order valence-corrected chi connectivity index (χ0v) is 15.3. The van der Waals surface area contributed by atoms with Gasteiger partial charge in [0.25, 0.3) is 0 Å². The molecule has 6 heteroatoms. The minimum absolute atomic E-state index is 0.301. The molecule has 1 fully saturated rings. The molecule has 24 heavy (non-hydrogen) atoms. The quantitative estimate of drug-likeness (QED) is 0.392. The van der Waals surface area contributed by atoms with Gasteiger partial charge in [-0.2, -0.15) is 4.99 Å². The summed E-state index contributed by atoms with van der Waals surface area (Å²) in [5.74, 6) is 7.82. The molecule has 6 nitrogen and oxygen atoms in total. The van der Waals surface area contributed by atoms with E-state index in [1.54, 1.807) is 5.01 Å². The first kappa shape index (κ1) is 18.3. The molecule has 0 saturated heterocycles. The van der Waals surface area contributed by atoms with Crippen LogP contribution >= 0.6 is 0 Å². The molecule has 1 aromatic rings. The minimum atomic E-state index is 0.301. The molecule has 0 aliphatic heterocycles. The topological polar surface area (TPSA) is 60.5 Å². The smallest absolute Gasteiger partial charge is 0.243 e. The Morgan fingerprint density at radius 2 is 1.54 bits per heavy atom. The van der Waals surface area contributed by atoms with Crippen molar-refractivity contribution in [2.75, 3.05) is 28.2 Å². The second kappa shape index (κ2) is 8.68. The largest absolute Gasteiger partial charge is 0.349 e. The lowest BCUT2D eigenvalue weighted by Crippen LogP contribution is -2.47. The average molecular weight is 330 g/mol. The summed E-state index contributed by atoms with van der Waals surface area (Å²) in [6, 6.07) is 10.2. The number of hydrazine groups is 1. The van der Waals surface area contributed by atoms with E-state index < -0.39 is 0 Å². The maximum atomic E-state index is 6.45. The van der Waals surface area contributed by atoms with E-state index in [2.05, 4.69) is 0 Å². The number of benzene rings is 1. The summed E-state index contributed by atoms with van der Waals surface area (Å²) >= 11 is 0. The first-order valence-electron chi connectivity index (χ1n) is 8.60. The highest BCUT2D eigenvalue weighted by atomic mass is 15.5. The summed E-state index contributed by atoms with van der Waals surface area (Å²) in [6.45, 7) is 0. The van der Waals surface area contributed by atoms with Crippen molar-refractivity contribution in [2.45, 2.75) is 38.1 Å². The summed E-state index contributed by atoms with van der Waals surface area (Å²) in [4.78, 5) is 13.4. The van der Waals surface area contributed by atoms with Crippen LogP contribution in [0, 0.1) is 0 Å². The number of rotatable bonds is 2. The molecule has 1 aliphatic rings. The molecule has 0 atom stereocenters. The van der Waals surface area contributed by atoms with Gasteiger partial charge in [-0.3, -0.25) is 5.01 Å². The van der Waals surface area contributed by atoms with E-state index in [4.69, 9.17) is 15.8 Å². The van der Waals surface area contributed by atoms with E-state index in [0.717, 1.165) is 24.5 Å². The average Bonchev–Trinajstić information content (AvgIpc) is 2.59. The van der Waals surface area contributed by atoms with Gasteiger partial charge in [0, 0.05) is 34.2 Å². The van der Waals surface area contributed by atoms with Crippen molar-refractivity contribution in [2.24, 2.45) is 15.8 Å². The van der Waals surface area contributed by atoms with Crippen LogP contribution in [0.3, 0.4) is 0 Å². The van der Waals surface area contributed by atoms with Crippen LogP contribution in [-0.2, 0) is 0 Å². The van der Waals surface area contributed by atoms with Crippen LogP contribution in [-0.4, -0.2) is 61.0 Å². The van der Waals surface area contributed by atoms with Crippen LogP contribution < -0.4 is 5.84 Å². The molecule has 2 rings (SSSR count). The summed E-state index contributed by atoms with van der Waals surface area (Å²) in [5.41, 5.74) is 0.861. The van der Waals surface area contributed by atoms with E-state index in [1.165, 1.54) is 19.3 Å². The standard InChI is InChI=1S/C18H30N6/c1-22(2)18(23(3)4)21-17(20-15-11-7-5-8-12-15)24(19)16-13-9-6-10-14-16/h5,7-8,11-12,16H,6,9-10,13-14,19H2,1-4H3/b20-17+. The van der Waals surface area contributed by atoms with Crippen LogP contribution in [0.1, 0.15) is 32.1 Å². The summed E-state index contributed by atoms with van der Waals surface area (Å²) in [6.07, 6.45) is 5.92. The second-order valence-electron chi connectivity index (χ2n) is 6.65. The van der Waals surface area contributed by atoms with Crippen LogP contribution in [0.25, 0.3) is 0 Å². The van der Waals surface area contributed by atoms with E-state index in [-0.39, 0.29) is 0 Å². The van der Waals surface area contributed by atoms with Crippen LogP contribution in [0.4, 0.5) is 5.69 Å². The van der Waals surface area contributed by atoms with Crippen molar-refractivity contribution in [3.05, 3.63) is 30.3 Å². The van der Waals surface area contributed by atoms with Crippen LogP contribution in [0.5, 0.6) is 0 Å². The van der Waals surface area contributed by atoms with Crippen molar-refractivity contribution in [3.8, 4) is 0 Å². The maximum absolute atomic E-state index is 6.45. The first-order chi connectivity index (χ1) is 11.5. The number of para-hydroxylation sites is 1.